The van der Waals surface area contributed by atoms with Crippen LogP contribution in [0.15, 0.2) is 24.4 Å². The van der Waals surface area contributed by atoms with Gasteiger partial charge in [-0.3, -0.25) is 0 Å². The highest BCUT2D eigenvalue weighted by atomic mass is 15.1. The monoisotopic (exact) mass is 102 g/mol. The standard InChI is InChI=1S/C6H9N/c1-7-5-3-2-4-6-7/h2-5H,6H2,1H3/i1D3,2D,3D,4D,6D. The van der Waals surface area contributed by atoms with Gasteiger partial charge in [0.2, 0.25) is 0 Å². The number of hydrogen-bond acceptors (Lipinski definition) is 1. The average molecular weight is 102 g/mol. The summed E-state index contributed by atoms with van der Waals surface area (Å²) in [4.78, 5) is 0.621. The summed E-state index contributed by atoms with van der Waals surface area (Å²) in [7, 11) is 0. The van der Waals surface area contributed by atoms with E-state index in [1.54, 1.807) is 0 Å². The lowest BCUT2D eigenvalue weighted by molar-refractivity contribution is 0.505. The first-order valence-corrected chi connectivity index (χ1v) is 1.82. The van der Waals surface area contributed by atoms with Crippen molar-refractivity contribution in [2.24, 2.45) is 0 Å². The third kappa shape index (κ3) is 1.07. The Labute approximate surface area is 53.8 Å². The molecule has 7 heavy (non-hydrogen) atoms. The van der Waals surface area contributed by atoms with E-state index in [2.05, 4.69) is 0 Å². The van der Waals surface area contributed by atoms with Crippen molar-refractivity contribution in [3.63, 3.8) is 0 Å². The van der Waals surface area contributed by atoms with E-state index in [4.69, 9.17) is 9.60 Å². The zero-order chi connectivity index (χ0) is 11.1. The SMILES string of the molecule is [2H]C1=CN(C([2H])([2H])[2H])C([2H])C([2H])=C1[2H]. The summed E-state index contributed by atoms with van der Waals surface area (Å²) in [5, 5.41) is 0. The Kier molecular flexibility index (Phi) is 0.259. The Hall–Kier alpha value is -0.720. The van der Waals surface area contributed by atoms with Crippen molar-refractivity contribution in [3.05, 3.63) is 24.4 Å². The molecule has 0 fully saturated rings. The van der Waals surface area contributed by atoms with Crippen LogP contribution in [0.2, 0.25) is 0 Å². The minimum absolute atomic E-state index is 0.352. The molecule has 0 aromatic rings. The summed E-state index contributed by atoms with van der Waals surface area (Å²) >= 11 is 0. The van der Waals surface area contributed by atoms with Gasteiger partial charge in [-0.2, -0.15) is 0 Å². The predicted octanol–water partition coefficient (Wildman–Crippen LogP) is 1.00. The molecule has 0 saturated carbocycles. The van der Waals surface area contributed by atoms with Gasteiger partial charge in [0.15, 0.2) is 0 Å². The van der Waals surface area contributed by atoms with Crippen LogP contribution in [0.3, 0.4) is 0 Å². The van der Waals surface area contributed by atoms with Crippen LogP contribution < -0.4 is 0 Å². The molecule has 1 nitrogen and oxygen atoms in total. The lowest BCUT2D eigenvalue weighted by Crippen LogP contribution is -2.11. The number of allylic oxidation sites excluding steroid dienone is 2. The molecule has 1 heteroatoms. The number of nitrogens with zero attached hydrogens (tertiary/aromatic N) is 1. The van der Waals surface area contributed by atoms with Crippen LogP contribution in [0, 0.1) is 0 Å². The second kappa shape index (κ2) is 1.82. The second-order valence-corrected chi connectivity index (χ2v) is 1.08. The van der Waals surface area contributed by atoms with Gasteiger partial charge in [-0.1, -0.05) is 12.1 Å². The molecule has 0 bridgehead atoms. The first kappa shape index (κ1) is 0.993. The van der Waals surface area contributed by atoms with E-state index in [1.807, 2.05) is 0 Å². The van der Waals surface area contributed by atoms with Gasteiger partial charge < -0.3 is 4.90 Å². The first-order chi connectivity index (χ1) is 6.25. The Bertz CT molecular complexity index is 302. The van der Waals surface area contributed by atoms with Gasteiger partial charge in [0, 0.05) is 17.6 Å². The van der Waals surface area contributed by atoms with Crippen LogP contribution in [0.25, 0.3) is 0 Å². The highest BCUT2D eigenvalue weighted by Crippen LogP contribution is 1.91. The van der Waals surface area contributed by atoms with E-state index in [0.717, 1.165) is 6.20 Å². The van der Waals surface area contributed by atoms with Gasteiger partial charge >= 0.3 is 0 Å². The Morgan fingerprint density at radius 2 is 3.00 bits per heavy atom. The fourth-order valence-corrected chi connectivity index (χ4v) is 0.283. The van der Waals surface area contributed by atoms with Crippen molar-refractivity contribution in [1.29, 1.82) is 0 Å². The zero-order valence-electron chi connectivity index (χ0n) is 10.6. The lowest BCUT2D eigenvalue weighted by Gasteiger charge is -2.11. The molecule has 1 aliphatic heterocycles. The molecule has 1 heterocycles. The molecule has 0 aromatic carbocycles. The van der Waals surface area contributed by atoms with Crippen molar-refractivity contribution in [3.8, 4) is 0 Å². The van der Waals surface area contributed by atoms with Crippen LogP contribution in [0.4, 0.5) is 0 Å². The van der Waals surface area contributed by atoms with Crippen LogP contribution in [-0.2, 0) is 0 Å². The lowest BCUT2D eigenvalue weighted by atomic mass is 10.4. The zero-order valence-corrected chi connectivity index (χ0v) is 3.60. The fourth-order valence-electron chi connectivity index (χ4n) is 0.283. The van der Waals surface area contributed by atoms with Gasteiger partial charge in [0.05, 0.1) is 5.48 Å². The van der Waals surface area contributed by atoms with Crippen molar-refractivity contribution in [2.45, 2.75) is 0 Å². The molecular formula is C6H9N. The molecule has 0 radical (unpaired) electrons. The quantitative estimate of drug-likeness (QED) is 0.441. The summed E-state index contributed by atoms with van der Waals surface area (Å²) in [5.74, 6) is 0. The van der Waals surface area contributed by atoms with Crippen LogP contribution in [-0.4, -0.2) is 18.4 Å². The molecule has 0 amide bonds. The van der Waals surface area contributed by atoms with Crippen LogP contribution >= 0.6 is 0 Å². The Balaban J connectivity index is 3.09. The van der Waals surface area contributed by atoms with E-state index in [-0.39, 0.29) is 6.05 Å². The molecule has 0 aromatic heterocycles. The summed E-state index contributed by atoms with van der Waals surface area (Å²) < 4.78 is 50.2. The van der Waals surface area contributed by atoms with E-state index in [0.29, 0.717) is 4.90 Å². The van der Waals surface area contributed by atoms with Crippen molar-refractivity contribution in [1.82, 2.24) is 4.90 Å². The van der Waals surface area contributed by atoms with Crippen LogP contribution in [0.5, 0.6) is 0 Å². The number of rotatable bonds is 0. The van der Waals surface area contributed by atoms with Gasteiger partial charge in [0.1, 0.15) is 0 Å². The van der Waals surface area contributed by atoms with E-state index in [9.17, 15) is 0 Å². The fraction of sp³-hybridized carbons (Fsp3) is 0.333. The smallest absolute Gasteiger partial charge is 0.0638 e. The van der Waals surface area contributed by atoms with Gasteiger partial charge in [0.25, 0.3) is 0 Å². The van der Waals surface area contributed by atoms with Gasteiger partial charge in [-0.15, -0.1) is 0 Å². The third-order valence-corrected chi connectivity index (χ3v) is 0.552. The van der Waals surface area contributed by atoms with E-state index >= 15 is 0 Å². The molecule has 0 spiro atoms. The molecule has 38 valence electrons. The van der Waals surface area contributed by atoms with Crippen molar-refractivity contribution >= 4 is 0 Å². The minimum Gasteiger partial charge on any atom is -0.377 e. The molecule has 0 N–H and O–H groups in total. The normalized spacial score (nSPS) is 49.1. The first-order valence-electron chi connectivity index (χ1n) is 5.39. The molecule has 1 rings (SSSR count). The topological polar surface area (TPSA) is 3.24 Å². The van der Waals surface area contributed by atoms with Gasteiger partial charge in [-0.05, 0) is 12.3 Å². The predicted molar refractivity (Wildman–Crippen MR) is 30.9 cm³/mol. The molecule has 1 aliphatic rings. The van der Waals surface area contributed by atoms with E-state index in [1.165, 1.54) is 0 Å². The Morgan fingerprint density at radius 1 is 2.00 bits per heavy atom. The molecule has 1 atom stereocenters. The maximum Gasteiger partial charge on any atom is 0.0638 e. The molecule has 1 unspecified atom stereocenters. The van der Waals surface area contributed by atoms with Crippen molar-refractivity contribution < 1.29 is 9.60 Å². The molecule has 0 aliphatic carbocycles. The largest absolute Gasteiger partial charge is 0.377 e. The summed E-state index contributed by atoms with van der Waals surface area (Å²) in [5.41, 5.74) is 0. The van der Waals surface area contributed by atoms with E-state index < -0.39 is 25.6 Å². The maximum absolute atomic E-state index is 7.38. The minimum atomic E-state index is -2.55. The molecular weight excluding hydrogens is 86.1 g/mol. The maximum atomic E-state index is 7.38. The average Bonchev–Trinajstić information content (AvgIpc) is 2.06. The second-order valence-electron chi connectivity index (χ2n) is 1.08. The highest BCUT2D eigenvalue weighted by Gasteiger charge is 1.86. The van der Waals surface area contributed by atoms with Crippen LogP contribution in [0.1, 0.15) is 9.60 Å². The number of likely N-dealkylation sites (N-methyl/N-ethyl adjacent to an activating group) is 1. The third-order valence-electron chi connectivity index (χ3n) is 0.552. The van der Waals surface area contributed by atoms with Gasteiger partial charge in [-0.25, -0.2) is 0 Å². The molecule has 0 saturated heterocycles. The van der Waals surface area contributed by atoms with Crippen molar-refractivity contribution in [2.75, 3.05) is 13.5 Å². The summed E-state index contributed by atoms with van der Waals surface area (Å²) in [6, 6.07) is -1.21. The Morgan fingerprint density at radius 3 is 3.86 bits per heavy atom. The summed E-state index contributed by atoms with van der Waals surface area (Å²) in [6.07, 6.45) is 0.908. The summed E-state index contributed by atoms with van der Waals surface area (Å²) in [6.45, 7) is -3.98. The highest BCUT2D eigenvalue weighted by molar-refractivity contribution is 5.07. The number of hydrogen-bond donors (Lipinski definition) is 0.